The molecule has 1 amide bonds. The van der Waals surface area contributed by atoms with Crippen LogP contribution in [0.3, 0.4) is 0 Å². The Balaban J connectivity index is 1.66. The lowest BCUT2D eigenvalue weighted by molar-refractivity contribution is 0.102. The zero-order chi connectivity index (χ0) is 22.8. The standard InChI is InChI=1S/C21H19N7O4/c1-12-8-13(2)28(26-12)18-9-17(23-11-24-18)25-19(29)16-10-22-21(31)27(20(16)30)14-4-6-15(32-3)7-5-14/h4-11H,1-3H3,(H,22,31)(H,23,24,25,29). The number of rotatable bonds is 5. The van der Waals surface area contributed by atoms with E-state index in [-0.39, 0.29) is 11.4 Å². The van der Waals surface area contributed by atoms with Crippen molar-refractivity contribution in [1.82, 2.24) is 29.3 Å². The third-order valence-electron chi connectivity index (χ3n) is 4.67. The minimum atomic E-state index is -0.774. The fourth-order valence-electron chi connectivity index (χ4n) is 3.18. The van der Waals surface area contributed by atoms with Crippen LogP contribution in [0.2, 0.25) is 0 Å². The van der Waals surface area contributed by atoms with Crippen LogP contribution in [0.1, 0.15) is 21.7 Å². The second kappa shape index (κ2) is 8.30. The average Bonchev–Trinajstić information content (AvgIpc) is 3.12. The summed E-state index contributed by atoms with van der Waals surface area (Å²) in [6.07, 6.45) is 2.35. The Morgan fingerprint density at radius 1 is 1.09 bits per heavy atom. The number of hydrogen-bond donors (Lipinski definition) is 2. The van der Waals surface area contributed by atoms with Crippen LogP contribution in [0.15, 0.2) is 58.5 Å². The number of methoxy groups -OCH3 is 1. The highest BCUT2D eigenvalue weighted by atomic mass is 16.5. The van der Waals surface area contributed by atoms with E-state index in [0.29, 0.717) is 17.3 Å². The predicted octanol–water partition coefficient (Wildman–Crippen LogP) is 1.38. The van der Waals surface area contributed by atoms with E-state index < -0.39 is 17.2 Å². The van der Waals surface area contributed by atoms with Crippen molar-refractivity contribution in [1.29, 1.82) is 0 Å². The van der Waals surface area contributed by atoms with Gasteiger partial charge in [-0.25, -0.2) is 24.0 Å². The molecule has 0 saturated heterocycles. The number of nitrogens with zero attached hydrogens (tertiary/aromatic N) is 5. The molecule has 0 fully saturated rings. The zero-order valence-corrected chi connectivity index (χ0v) is 17.5. The number of amides is 1. The van der Waals surface area contributed by atoms with E-state index in [4.69, 9.17) is 4.74 Å². The van der Waals surface area contributed by atoms with Crippen molar-refractivity contribution in [2.24, 2.45) is 0 Å². The van der Waals surface area contributed by atoms with Crippen molar-refractivity contribution in [2.45, 2.75) is 13.8 Å². The Hall–Kier alpha value is -4.54. The van der Waals surface area contributed by atoms with Gasteiger partial charge >= 0.3 is 5.69 Å². The van der Waals surface area contributed by atoms with Crippen LogP contribution in [-0.4, -0.2) is 42.3 Å². The van der Waals surface area contributed by atoms with Gasteiger partial charge in [0.05, 0.1) is 18.5 Å². The number of aryl methyl sites for hydroxylation is 2. The topological polar surface area (TPSA) is 137 Å². The molecule has 1 aromatic carbocycles. The van der Waals surface area contributed by atoms with Gasteiger partial charge in [-0.15, -0.1) is 0 Å². The fourth-order valence-corrected chi connectivity index (χ4v) is 3.18. The first-order chi connectivity index (χ1) is 15.4. The maximum absolute atomic E-state index is 12.9. The highest BCUT2D eigenvalue weighted by Crippen LogP contribution is 2.14. The summed E-state index contributed by atoms with van der Waals surface area (Å²) in [4.78, 5) is 48.6. The van der Waals surface area contributed by atoms with Crippen LogP contribution in [0.4, 0.5) is 5.82 Å². The van der Waals surface area contributed by atoms with Crippen LogP contribution >= 0.6 is 0 Å². The summed E-state index contributed by atoms with van der Waals surface area (Å²) in [7, 11) is 1.51. The van der Waals surface area contributed by atoms with Crippen molar-refractivity contribution in [3.63, 3.8) is 0 Å². The van der Waals surface area contributed by atoms with E-state index in [1.54, 1.807) is 28.9 Å². The number of carbonyl (C=O) groups excluding carboxylic acids is 1. The van der Waals surface area contributed by atoms with Gasteiger partial charge in [0.15, 0.2) is 5.82 Å². The number of nitrogens with one attached hydrogen (secondary N) is 2. The fraction of sp³-hybridized carbons (Fsp3) is 0.143. The summed E-state index contributed by atoms with van der Waals surface area (Å²) in [5.41, 5.74) is 0.266. The Morgan fingerprint density at radius 2 is 1.84 bits per heavy atom. The summed E-state index contributed by atoms with van der Waals surface area (Å²) in [6.45, 7) is 3.74. The van der Waals surface area contributed by atoms with Gasteiger partial charge < -0.3 is 15.0 Å². The van der Waals surface area contributed by atoms with Crippen molar-refractivity contribution in [3.05, 3.63) is 86.7 Å². The molecule has 4 rings (SSSR count). The van der Waals surface area contributed by atoms with Crippen molar-refractivity contribution in [3.8, 4) is 17.3 Å². The van der Waals surface area contributed by atoms with Gasteiger partial charge in [0.2, 0.25) is 0 Å². The number of benzene rings is 1. The molecular weight excluding hydrogens is 414 g/mol. The molecule has 0 aliphatic heterocycles. The van der Waals surface area contributed by atoms with E-state index in [9.17, 15) is 14.4 Å². The van der Waals surface area contributed by atoms with Gasteiger partial charge in [-0.3, -0.25) is 9.59 Å². The quantitative estimate of drug-likeness (QED) is 0.485. The molecule has 3 aromatic heterocycles. The maximum atomic E-state index is 12.9. The highest BCUT2D eigenvalue weighted by Gasteiger charge is 2.17. The molecule has 4 aromatic rings. The maximum Gasteiger partial charge on any atom is 0.333 e. The Labute approximate surface area is 181 Å². The molecule has 0 bridgehead atoms. The van der Waals surface area contributed by atoms with Gasteiger partial charge in [0.1, 0.15) is 23.5 Å². The highest BCUT2D eigenvalue weighted by molar-refractivity contribution is 6.03. The van der Waals surface area contributed by atoms with Crippen molar-refractivity contribution >= 4 is 11.7 Å². The molecule has 0 saturated carbocycles. The molecule has 0 radical (unpaired) electrons. The molecule has 3 heterocycles. The molecule has 0 aliphatic rings. The summed E-state index contributed by atoms with van der Waals surface area (Å²) >= 11 is 0. The lowest BCUT2D eigenvalue weighted by Crippen LogP contribution is -2.38. The number of carbonyl (C=O) groups is 1. The molecule has 0 unspecified atom stereocenters. The Kier molecular flexibility index (Phi) is 5.37. The minimum absolute atomic E-state index is 0.175. The van der Waals surface area contributed by atoms with Crippen LogP contribution in [0, 0.1) is 13.8 Å². The van der Waals surface area contributed by atoms with Gasteiger partial charge in [-0.2, -0.15) is 5.10 Å². The molecule has 162 valence electrons. The first kappa shape index (κ1) is 20.7. The molecule has 2 N–H and O–H groups in total. The lowest BCUT2D eigenvalue weighted by Gasteiger charge is -2.09. The van der Waals surface area contributed by atoms with E-state index in [0.717, 1.165) is 22.2 Å². The van der Waals surface area contributed by atoms with Crippen molar-refractivity contribution in [2.75, 3.05) is 12.4 Å². The molecular formula is C21H19N7O4. The smallest absolute Gasteiger partial charge is 0.333 e. The van der Waals surface area contributed by atoms with Gasteiger partial charge in [-0.1, -0.05) is 0 Å². The number of H-pyrrole nitrogens is 1. The molecule has 0 atom stereocenters. The van der Waals surface area contributed by atoms with E-state index in [1.165, 1.54) is 19.5 Å². The zero-order valence-electron chi connectivity index (χ0n) is 17.5. The molecule has 11 heteroatoms. The number of aromatic nitrogens is 6. The van der Waals surface area contributed by atoms with Crippen LogP contribution in [0.5, 0.6) is 5.75 Å². The second-order valence-electron chi connectivity index (χ2n) is 6.90. The van der Waals surface area contributed by atoms with Gasteiger partial charge in [0.25, 0.3) is 11.5 Å². The Morgan fingerprint density at radius 3 is 2.50 bits per heavy atom. The first-order valence-corrected chi connectivity index (χ1v) is 9.53. The molecule has 11 nitrogen and oxygen atoms in total. The summed E-state index contributed by atoms with van der Waals surface area (Å²) in [5, 5.41) is 6.92. The van der Waals surface area contributed by atoms with Crippen molar-refractivity contribution < 1.29 is 9.53 Å². The number of hydrogen-bond acceptors (Lipinski definition) is 7. The molecule has 32 heavy (non-hydrogen) atoms. The SMILES string of the molecule is COc1ccc(-n2c(=O)[nH]cc(C(=O)Nc3cc(-n4nc(C)cc4C)ncn3)c2=O)cc1. The predicted molar refractivity (Wildman–Crippen MR) is 116 cm³/mol. The van der Waals surface area contributed by atoms with Crippen LogP contribution in [0.25, 0.3) is 11.5 Å². The molecule has 0 aliphatic carbocycles. The molecule has 0 spiro atoms. The number of aromatic amines is 1. The Bertz CT molecular complexity index is 1420. The summed E-state index contributed by atoms with van der Waals surface area (Å²) in [5.74, 6) is 0.466. The average molecular weight is 433 g/mol. The lowest BCUT2D eigenvalue weighted by atomic mass is 10.2. The van der Waals surface area contributed by atoms with Gasteiger partial charge in [-0.05, 0) is 44.2 Å². The largest absolute Gasteiger partial charge is 0.497 e. The number of ether oxygens (including phenoxy) is 1. The first-order valence-electron chi connectivity index (χ1n) is 9.53. The van der Waals surface area contributed by atoms with E-state index >= 15 is 0 Å². The second-order valence-corrected chi connectivity index (χ2v) is 6.90. The van der Waals surface area contributed by atoms with Crippen LogP contribution in [-0.2, 0) is 0 Å². The van der Waals surface area contributed by atoms with Gasteiger partial charge in [0, 0.05) is 18.0 Å². The van der Waals surface area contributed by atoms with E-state index in [2.05, 4.69) is 25.4 Å². The third kappa shape index (κ3) is 3.90. The summed E-state index contributed by atoms with van der Waals surface area (Å²) < 4.78 is 7.57. The third-order valence-corrected chi connectivity index (χ3v) is 4.67. The van der Waals surface area contributed by atoms with E-state index in [1.807, 2.05) is 19.9 Å². The number of anilines is 1. The summed E-state index contributed by atoms with van der Waals surface area (Å²) in [6, 6.07) is 9.72. The monoisotopic (exact) mass is 433 g/mol. The van der Waals surface area contributed by atoms with Crippen LogP contribution < -0.4 is 21.3 Å². The minimum Gasteiger partial charge on any atom is -0.497 e. The normalized spacial score (nSPS) is 10.7.